The number of halogens is 2. The van der Waals surface area contributed by atoms with Crippen LogP contribution in [0, 0.1) is 11.6 Å². The van der Waals surface area contributed by atoms with Gasteiger partial charge in [0.25, 0.3) is 17.2 Å². The second-order valence-electron chi connectivity index (χ2n) is 6.13. The van der Waals surface area contributed by atoms with Gasteiger partial charge in [0.05, 0.1) is 5.56 Å². The molecule has 2 heterocycles. The molecule has 10 heteroatoms. The molecule has 1 aliphatic heterocycles. The number of hydrogen-bond acceptors (Lipinski definition) is 4. The van der Waals surface area contributed by atoms with E-state index in [4.69, 9.17) is 4.55 Å². The number of carbonyl (C=O) groups excluding carboxylic acids is 1. The molecule has 1 aromatic carbocycles. The maximum atomic E-state index is 13.3. The molecular weight excluding hydrogens is 378 g/mol. The largest absolute Gasteiger partial charge is 0.336 e. The van der Waals surface area contributed by atoms with Gasteiger partial charge < -0.3 is 4.90 Å². The van der Waals surface area contributed by atoms with Crippen LogP contribution in [0.1, 0.15) is 15.9 Å². The molecular formula is C17H18F2N4O3S. The number of aromatic nitrogens is 1. The van der Waals surface area contributed by atoms with E-state index in [2.05, 4.69) is 9.71 Å². The van der Waals surface area contributed by atoms with Gasteiger partial charge in [0.1, 0.15) is 17.5 Å². The Morgan fingerprint density at radius 2 is 1.81 bits per heavy atom. The minimum Gasteiger partial charge on any atom is -0.336 e. The van der Waals surface area contributed by atoms with E-state index in [0.29, 0.717) is 43.9 Å². The summed E-state index contributed by atoms with van der Waals surface area (Å²) >= 11 is -2.22. The first-order chi connectivity index (χ1) is 12.9. The molecule has 1 saturated heterocycles. The second-order valence-corrected chi connectivity index (χ2v) is 6.83. The Labute approximate surface area is 157 Å². The molecule has 0 aliphatic carbocycles. The van der Waals surface area contributed by atoms with E-state index >= 15 is 0 Å². The van der Waals surface area contributed by atoms with E-state index in [9.17, 15) is 17.8 Å². The van der Waals surface area contributed by atoms with Crippen LogP contribution in [0.3, 0.4) is 0 Å². The van der Waals surface area contributed by atoms with Crippen molar-refractivity contribution in [2.24, 2.45) is 0 Å². The average molecular weight is 396 g/mol. The van der Waals surface area contributed by atoms with Gasteiger partial charge in [-0.05, 0) is 29.8 Å². The number of carbonyl (C=O) groups is 1. The Morgan fingerprint density at radius 1 is 1.15 bits per heavy atom. The number of nitrogens with one attached hydrogen (secondary N) is 1. The Bertz CT molecular complexity index is 822. The van der Waals surface area contributed by atoms with Crippen LogP contribution in [-0.2, 0) is 17.8 Å². The molecule has 27 heavy (non-hydrogen) atoms. The standard InChI is InChI=1S/C17H18F2N4O3S/c18-14-7-12(8-15(19)9-14)11-22-3-5-23(6-4-22)17(24)13-1-2-16(20-10-13)21-27(25)26/h1-2,7-10H,3-6,11H2,(H,20,21)(H,25,26). The molecule has 0 saturated carbocycles. The van der Waals surface area contributed by atoms with Gasteiger partial charge >= 0.3 is 0 Å². The fraction of sp³-hybridized carbons (Fsp3) is 0.294. The molecule has 1 amide bonds. The van der Waals surface area contributed by atoms with Crippen molar-refractivity contribution in [3.8, 4) is 0 Å². The van der Waals surface area contributed by atoms with E-state index in [1.807, 2.05) is 4.90 Å². The predicted octanol–water partition coefficient (Wildman–Crippen LogP) is 1.87. The highest BCUT2D eigenvalue weighted by atomic mass is 32.2. The summed E-state index contributed by atoms with van der Waals surface area (Å²) in [7, 11) is 0. The third kappa shape index (κ3) is 5.28. The summed E-state index contributed by atoms with van der Waals surface area (Å²) in [4.78, 5) is 20.2. The zero-order valence-corrected chi connectivity index (χ0v) is 15.1. The first kappa shape index (κ1) is 19.3. The lowest BCUT2D eigenvalue weighted by Crippen LogP contribution is -2.48. The van der Waals surface area contributed by atoms with Crippen LogP contribution in [-0.4, -0.2) is 55.6 Å². The first-order valence-electron chi connectivity index (χ1n) is 8.21. The zero-order valence-electron chi connectivity index (χ0n) is 14.3. The highest BCUT2D eigenvalue weighted by Gasteiger charge is 2.22. The van der Waals surface area contributed by atoms with E-state index in [-0.39, 0.29) is 11.7 Å². The van der Waals surface area contributed by atoms with Crippen LogP contribution in [0.2, 0.25) is 0 Å². The molecule has 1 atom stereocenters. The van der Waals surface area contributed by atoms with E-state index in [0.717, 1.165) is 6.07 Å². The van der Waals surface area contributed by atoms with Crippen molar-refractivity contribution in [2.75, 3.05) is 30.9 Å². The topological polar surface area (TPSA) is 85.8 Å². The Balaban J connectivity index is 1.55. The summed E-state index contributed by atoms with van der Waals surface area (Å²) in [6, 6.07) is 6.44. The van der Waals surface area contributed by atoms with Crippen molar-refractivity contribution in [1.82, 2.24) is 14.8 Å². The number of benzene rings is 1. The number of rotatable bonds is 5. The fourth-order valence-corrected chi connectivity index (χ4v) is 3.22. The number of amides is 1. The molecule has 0 spiro atoms. The van der Waals surface area contributed by atoms with Crippen LogP contribution >= 0.6 is 0 Å². The molecule has 2 aromatic rings. The molecule has 1 aromatic heterocycles. The summed E-state index contributed by atoms with van der Waals surface area (Å²) in [6.45, 7) is 2.55. The third-order valence-corrected chi connectivity index (χ3v) is 4.57. The van der Waals surface area contributed by atoms with Crippen LogP contribution in [0.5, 0.6) is 0 Å². The predicted molar refractivity (Wildman–Crippen MR) is 96.2 cm³/mol. The van der Waals surface area contributed by atoms with Crippen molar-refractivity contribution in [1.29, 1.82) is 0 Å². The van der Waals surface area contributed by atoms with Crippen molar-refractivity contribution in [3.63, 3.8) is 0 Å². The van der Waals surface area contributed by atoms with Crippen molar-refractivity contribution in [2.45, 2.75) is 6.54 Å². The minimum atomic E-state index is -2.22. The summed E-state index contributed by atoms with van der Waals surface area (Å²) in [5, 5.41) is 0. The van der Waals surface area contributed by atoms with Crippen LogP contribution < -0.4 is 4.72 Å². The summed E-state index contributed by atoms with van der Waals surface area (Å²) in [5.41, 5.74) is 0.936. The minimum absolute atomic E-state index is 0.185. The molecule has 2 N–H and O–H groups in total. The van der Waals surface area contributed by atoms with Crippen LogP contribution in [0.4, 0.5) is 14.6 Å². The summed E-state index contributed by atoms with van der Waals surface area (Å²) in [5.74, 6) is -1.20. The maximum Gasteiger partial charge on any atom is 0.260 e. The van der Waals surface area contributed by atoms with Gasteiger partial charge in [-0.1, -0.05) is 0 Å². The summed E-state index contributed by atoms with van der Waals surface area (Å²) < 4.78 is 48.2. The molecule has 3 rings (SSSR count). The van der Waals surface area contributed by atoms with Crippen molar-refractivity contribution >= 4 is 23.0 Å². The van der Waals surface area contributed by atoms with Crippen LogP contribution in [0.15, 0.2) is 36.5 Å². The highest BCUT2D eigenvalue weighted by Crippen LogP contribution is 2.14. The zero-order chi connectivity index (χ0) is 19.4. The first-order valence-corrected chi connectivity index (χ1v) is 9.31. The number of piperazine rings is 1. The van der Waals surface area contributed by atoms with Gasteiger partial charge in [-0.15, -0.1) is 0 Å². The van der Waals surface area contributed by atoms with Crippen molar-refractivity contribution in [3.05, 3.63) is 59.3 Å². The number of pyridine rings is 1. The van der Waals surface area contributed by atoms with E-state index < -0.39 is 22.9 Å². The van der Waals surface area contributed by atoms with Gasteiger partial charge in [-0.25, -0.2) is 18.0 Å². The second kappa shape index (κ2) is 8.51. The lowest BCUT2D eigenvalue weighted by Gasteiger charge is -2.34. The maximum absolute atomic E-state index is 13.3. The van der Waals surface area contributed by atoms with Crippen LogP contribution in [0.25, 0.3) is 0 Å². The van der Waals surface area contributed by atoms with Gasteiger partial charge in [-0.2, -0.15) is 0 Å². The molecule has 0 radical (unpaired) electrons. The quantitative estimate of drug-likeness (QED) is 0.754. The Kier molecular flexibility index (Phi) is 6.09. The molecule has 1 unspecified atom stereocenters. The molecule has 1 fully saturated rings. The van der Waals surface area contributed by atoms with E-state index in [1.165, 1.54) is 30.5 Å². The smallest absolute Gasteiger partial charge is 0.260 e. The number of anilines is 1. The highest BCUT2D eigenvalue weighted by molar-refractivity contribution is 7.80. The van der Waals surface area contributed by atoms with Gasteiger partial charge in [0.15, 0.2) is 0 Å². The fourth-order valence-electron chi connectivity index (χ4n) is 2.92. The van der Waals surface area contributed by atoms with Gasteiger partial charge in [0.2, 0.25) is 0 Å². The van der Waals surface area contributed by atoms with Gasteiger partial charge in [0, 0.05) is 45.0 Å². The molecule has 1 aliphatic rings. The summed E-state index contributed by atoms with van der Waals surface area (Å²) in [6.07, 6.45) is 1.35. The van der Waals surface area contributed by atoms with E-state index in [1.54, 1.807) is 4.90 Å². The molecule has 144 valence electrons. The lowest BCUT2D eigenvalue weighted by molar-refractivity contribution is 0.0628. The number of nitrogens with zero attached hydrogens (tertiary/aromatic N) is 3. The monoisotopic (exact) mass is 396 g/mol. The van der Waals surface area contributed by atoms with Gasteiger partial charge in [-0.3, -0.25) is 19.0 Å². The lowest BCUT2D eigenvalue weighted by atomic mass is 10.1. The SMILES string of the molecule is O=C(c1ccc(NS(=O)O)nc1)N1CCN(Cc2cc(F)cc(F)c2)CC1. The normalized spacial score (nSPS) is 16.2. The average Bonchev–Trinajstić information content (AvgIpc) is 2.61. The van der Waals surface area contributed by atoms with Crippen molar-refractivity contribution < 1.29 is 22.3 Å². The molecule has 0 bridgehead atoms. The Morgan fingerprint density at radius 3 is 2.37 bits per heavy atom. The third-order valence-electron chi connectivity index (χ3n) is 4.19. The Hall–Kier alpha value is -2.43. The molecule has 7 nitrogen and oxygen atoms in total. The number of hydrogen-bond donors (Lipinski definition) is 2.